The Morgan fingerprint density at radius 2 is 1.93 bits per heavy atom. The van der Waals surface area contributed by atoms with E-state index in [0.717, 1.165) is 10.5 Å². The van der Waals surface area contributed by atoms with Gasteiger partial charge in [0, 0.05) is 11.6 Å². The Balaban J connectivity index is 1.70. The van der Waals surface area contributed by atoms with Gasteiger partial charge in [-0.15, -0.1) is 0 Å². The number of urea groups is 1. The summed E-state index contributed by atoms with van der Waals surface area (Å²) in [5.41, 5.74) is -0.0401. The van der Waals surface area contributed by atoms with Crippen LogP contribution >= 0.6 is 11.6 Å². The van der Waals surface area contributed by atoms with E-state index in [1.54, 1.807) is 31.2 Å². The Morgan fingerprint density at radius 3 is 2.57 bits per heavy atom. The zero-order chi connectivity index (χ0) is 20.3. The van der Waals surface area contributed by atoms with E-state index in [2.05, 4.69) is 10.6 Å². The van der Waals surface area contributed by atoms with E-state index in [9.17, 15) is 18.8 Å². The minimum atomic E-state index is -1.31. The Hall–Kier alpha value is -2.93. The fraction of sp³-hybridized carbons (Fsp3) is 0.250. The Morgan fingerprint density at radius 1 is 1.21 bits per heavy atom. The summed E-state index contributed by atoms with van der Waals surface area (Å²) in [5, 5.41) is 5.87. The number of hydrogen-bond donors (Lipinski definition) is 2. The SMILES string of the molecule is CCC1(c2ccc(F)cc2)NC(=O)N(CC(=O)NCc2cccc(Cl)c2)C1=O. The van der Waals surface area contributed by atoms with Crippen LogP contribution in [0.25, 0.3) is 0 Å². The lowest BCUT2D eigenvalue weighted by atomic mass is 9.87. The van der Waals surface area contributed by atoms with Gasteiger partial charge < -0.3 is 10.6 Å². The van der Waals surface area contributed by atoms with E-state index in [1.165, 1.54) is 24.3 Å². The number of nitrogens with one attached hydrogen (secondary N) is 2. The zero-order valence-electron chi connectivity index (χ0n) is 15.2. The average Bonchev–Trinajstić information content (AvgIpc) is 2.92. The van der Waals surface area contributed by atoms with Gasteiger partial charge in [0.25, 0.3) is 5.91 Å². The highest BCUT2D eigenvalue weighted by Gasteiger charge is 2.51. The molecule has 0 bridgehead atoms. The molecule has 0 radical (unpaired) electrons. The third kappa shape index (κ3) is 3.84. The van der Waals surface area contributed by atoms with Crippen molar-refractivity contribution in [2.75, 3.05) is 6.54 Å². The first-order valence-electron chi connectivity index (χ1n) is 8.77. The summed E-state index contributed by atoms with van der Waals surface area (Å²) in [6, 6.07) is 11.7. The molecule has 6 nitrogen and oxygen atoms in total. The molecule has 1 heterocycles. The van der Waals surface area contributed by atoms with Gasteiger partial charge in [0.05, 0.1) is 0 Å². The van der Waals surface area contributed by atoms with Gasteiger partial charge in [0.15, 0.2) is 0 Å². The molecule has 1 unspecified atom stereocenters. The lowest BCUT2D eigenvalue weighted by molar-refractivity contribution is -0.135. The van der Waals surface area contributed by atoms with Gasteiger partial charge in [-0.3, -0.25) is 14.5 Å². The molecular weight excluding hydrogens is 385 g/mol. The third-order valence-electron chi connectivity index (χ3n) is 4.72. The van der Waals surface area contributed by atoms with Gasteiger partial charge in [-0.1, -0.05) is 42.8 Å². The second kappa shape index (κ2) is 7.98. The van der Waals surface area contributed by atoms with Gasteiger partial charge in [-0.2, -0.15) is 0 Å². The summed E-state index contributed by atoms with van der Waals surface area (Å²) in [6.07, 6.45) is 0.268. The number of rotatable bonds is 6. The van der Waals surface area contributed by atoms with E-state index >= 15 is 0 Å². The number of imide groups is 1. The number of nitrogens with zero attached hydrogens (tertiary/aromatic N) is 1. The quantitative estimate of drug-likeness (QED) is 0.728. The molecule has 8 heteroatoms. The molecule has 1 saturated heterocycles. The van der Waals surface area contributed by atoms with Gasteiger partial charge in [-0.05, 0) is 41.8 Å². The summed E-state index contributed by atoms with van der Waals surface area (Å²) >= 11 is 5.91. The van der Waals surface area contributed by atoms with Crippen molar-refractivity contribution < 1.29 is 18.8 Å². The highest BCUT2D eigenvalue weighted by molar-refractivity contribution is 6.30. The molecule has 1 fully saturated rings. The highest BCUT2D eigenvalue weighted by atomic mass is 35.5. The maximum atomic E-state index is 13.2. The first-order valence-corrected chi connectivity index (χ1v) is 9.15. The van der Waals surface area contributed by atoms with Crippen molar-refractivity contribution in [1.29, 1.82) is 0 Å². The number of halogens is 2. The summed E-state index contributed by atoms with van der Waals surface area (Å²) in [7, 11) is 0. The van der Waals surface area contributed by atoms with Crippen molar-refractivity contribution in [3.63, 3.8) is 0 Å². The third-order valence-corrected chi connectivity index (χ3v) is 4.96. The second-order valence-electron chi connectivity index (χ2n) is 6.49. The number of carbonyl (C=O) groups is 3. The molecule has 1 aliphatic heterocycles. The fourth-order valence-corrected chi connectivity index (χ4v) is 3.40. The van der Waals surface area contributed by atoms with Crippen molar-refractivity contribution in [3.05, 3.63) is 70.5 Å². The van der Waals surface area contributed by atoms with E-state index in [-0.39, 0.29) is 13.0 Å². The highest BCUT2D eigenvalue weighted by Crippen LogP contribution is 2.32. The number of amides is 4. The molecule has 1 aliphatic rings. The predicted octanol–water partition coefficient (Wildman–Crippen LogP) is 2.95. The van der Waals surface area contributed by atoms with Crippen LogP contribution in [0, 0.1) is 5.82 Å². The maximum Gasteiger partial charge on any atom is 0.325 e. The molecular formula is C20H19ClFN3O3. The predicted molar refractivity (Wildman–Crippen MR) is 102 cm³/mol. The molecule has 2 aromatic rings. The number of carbonyl (C=O) groups excluding carboxylic acids is 3. The minimum Gasteiger partial charge on any atom is -0.350 e. The number of hydrogen-bond acceptors (Lipinski definition) is 3. The fourth-order valence-electron chi connectivity index (χ4n) is 3.19. The molecule has 0 saturated carbocycles. The molecule has 2 N–H and O–H groups in total. The topological polar surface area (TPSA) is 78.5 Å². The lowest BCUT2D eigenvalue weighted by Crippen LogP contribution is -2.44. The molecule has 2 aromatic carbocycles. The molecule has 4 amide bonds. The van der Waals surface area contributed by atoms with Crippen LogP contribution in [0.5, 0.6) is 0 Å². The number of benzene rings is 2. The van der Waals surface area contributed by atoms with Crippen molar-refractivity contribution >= 4 is 29.4 Å². The first-order chi connectivity index (χ1) is 13.4. The van der Waals surface area contributed by atoms with Crippen LogP contribution in [-0.4, -0.2) is 29.3 Å². The Kier molecular flexibility index (Phi) is 5.65. The molecule has 0 aromatic heterocycles. The van der Waals surface area contributed by atoms with Crippen LogP contribution in [0.15, 0.2) is 48.5 Å². The molecule has 3 rings (SSSR count). The summed E-state index contributed by atoms with van der Waals surface area (Å²) in [5.74, 6) is -1.46. The second-order valence-corrected chi connectivity index (χ2v) is 6.93. The van der Waals surface area contributed by atoms with Gasteiger partial charge >= 0.3 is 6.03 Å². The Labute approximate surface area is 166 Å². The molecule has 1 atom stereocenters. The molecule has 146 valence electrons. The van der Waals surface area contributed by atoms with E-state index in [1.807, 2.05) is 0 Å². The van der Waals surface area contributed by atoms with Crippen LogP contribution in [0.1, 0.15) is 24.5 Å². The normalized spacial score (nSPS) is 18.9. The summed E-state index contributed by atoms with van der Waals surface area (Å²) < 4.78 is 13.2. The van der Waals surface area contributed by atoms with Crippen molar-refractivity contribution in [1.82, 2.24) is 15.5 Å². The monoisotopic (exact) mass is 403 g/mol. The maximum absolute atomic E-state index is 13.2. The van der Waals surface area contributed by atoms with Crippen LogP contribution in [0.4, 0.5) is 9.18 Å². The largest absolute Gasteiger partial charge is 0.350 e. The standard InChI is InChI=1S/C20H19ClFN3O3/c1-2-20(14-6-8-16(22)9-7-14)18(27)25(19(28)24-20)12-17(26)23-11-13-4-3-5-15(21)10-13/h3-10H,2,11-12H2,1H3,(H,23,26)(H,24,28). The first kappa shape index (κ1) is 19.8. The van der Waals surface area contributed by atoms with Gasteiger partial charge in [0.1, 0.15) is 17.9 Å². The van der Waals surface area contributed by atoms with Crippen molar-refractivity contribution in [3.8, 4) is 0 Å². The summed E-state index contributed by atoms with van der Waals surface area (Å²) in [4.78, 5) is 38.5. The Bertz CT molecular complexity index is 919. The van der Waals surface area contributed by atoms with Crippen LogP contribution in [0.3, 0.4) is 0 Å². The molecule has 0 aliphatic carbocycles. The van der Waals surface area contributed by atoms with E-state index < -0.39 is 35.7 Å². The zero-order valence-corrected chi connectivity index (χ0v) is 15.9. The van der Waals surface area contributed by atoms with Crippen LogP contribution < -0.4 is 10.6 Å². The van der Waals surface area contributed by atoms with Crippen LogP contribution in [-0.2, 0) is 21.7 Å². The average molecular weight is 404 g/mol. The van der Waals surface area contributed by atoms with E-state index in [0.29, 0.717) is 10.6 Å². The van der Waals surface area contributed by atoms with Crippen LogP contribution in [0.2, 0.25) is 5.02 Å². The molecule has 0 spiro atoms. The van der Waals surface area contributed by atoms with Gasteiger partial charge in [0.2, 0.25) is 5.91 Å². The molecule has 28 heavy (non-hydrogen) atoms. The van der Waals surface area contributed by atoms with Crippen molar-refractivity contribution in [2.45, 2.75) is 25.4 Å². The lowest BCUT2D eigenvalue weighted by Gasteiger charge is -2.25. The minimum absolute atomic E-state index is 0.222. The van der Waals surface area contributed by atoms with Gasteiger partial charge in [-0.25, -0.2) is 9.18 Å². The van der Waals surface area contributed by atoms with E-state index in [4.69, 9.17) is 11.6 Å². The van der Waals surface area contributed by atoms with Crippen molar-refractivity contribution in [2.24, 2.45) is 0 Å². The smallest absolute Gasteiger partial charge is 0.325 e. The summed E-state index contributed by atoms with van der Waals surface area (Å²) in [6.45, 7) is 1.55.